The number of rotatable bonds is 6. The van der Waals surface area contributed by atoms with Crippen LogP contribution in [0.15, 0.2) is 48.5 Å². The molecule has 2 unspecified atom stereocenters. The molecule has 2 aromatic rings. The highest BCUT2D eigenvalue weighted by Crippen LogP contribution is 2.38. The first-order valence-corrected chi connectivity index (χ1v) is 7.83. The minimum atomic E-state index is -0.161. The molecule has 0 saturated heterocycles. The second-order valence-corrected chi connectivity index (χ2v) is 5.90. The van der Waals surface area contributed by atoms with E-state index in [1.54, 1.807) is 12.1 Å². The van der Waals surface area contributed by atoms with Crippen LogP contribution in [0.5, 0.6) is 0 Å². The van der Waals surface area contributed by atoms with E-state index in [2.05, 4.69) is 36.5 Å². The van der Waals surface area contributed by atoms with E-state index in [1.807, 2.05) is 12.1 Å². The van der Waals surface area contributed by atoms with Crippen molar-refractivity contribution in [3.05, 3.63) is 71.0 Å². The first-order chi connectivity index (χ1) is 10.3. The van der Waals surface area contributed by atoms with Crippen LogP contribution in [0.2, 0.25) is 0 Å². The number of hydrogen-bond donors (Lipinski definition) is 1. The van der Waals surface area contributed by atoms with Crippen LogP contribution in [0.4, 0.5) is 4.39 Å². The predicted octanol–water partition coefficient (Wildman–Crippen LogP) is 4.08. The molecular formula is C19H22FN. The second kappa shape index (κ2) is 6.40. The topological polar surface area (TPSA) is 12.0 Å². The molecule has 0 saturated carbocycles. The standard InChI is InChI=1S/C19H22FN/c1-2-11-21-19(12-14-7-9-16(20)10-8-14)18-13-15-5-3-4-6-17(15)18/h3-10,18-19,21H,2,11-13H2,1H3. The molecule has 110 valence electrons. The summed E-state index contributed by atoms with van der Waals surface area (Å²) in [6.45, 7) is 3.22. The molecule has 1 nitrogen and oxygen atoms in total. The van der Waals surface area contributed by atoms with E-state index in [1.165, 1.54) is 16.7 Å². The molecule has 2 aromatic carbocycles. The van der Waals surface area contributed by atoms with Crippen LogP contribution in [0.25, 0.3) is 0 Å². The fraction of sp³-hybridized carbons (Fsp3) is 0.368. The van der Waals surface area contributed by atoms with Gasteiger partial charge in [-0.1, -0.05) is 43.3 Å². The monoisotopic (exact) mass is 283 g/mol. The van der Waals surface area contributed by atoms with Gasteiger partial charge in [0, 0.05) is 12.0 Å². The molecule has 1 aliphatic rings. The van der Waals surface area contributed by atoms with Gasteiger partial charge in [0.2, 0.25) is 0 Å². The predicted molar refractivity (Wildman–Crippen MR) is 85.1 cm³/mol. The van der Waals surface area contributed by atoms with Crippen molar-refractivity contribution in [3.8, 4) is 0 Å². The quantitative estimate of drug-likeness (QED) is 0.842. The van der Waals surface area contributed by atoms with Gasteiger partial charge < -0.3 is 5.32 Å². The van der Waals surface area contributed by atoms with Crippen molar-refractivity contribution in [2.75, 3.05) is 6.54 Å². The van der Waals surface area contributed by atoms with Crippen molar-refractivity contribution in [1.29, 1.82) is 0 Å². The minimum absolute atomic E-state index is 0.161. The summed E-state index contributed by atoms with van der Waals surface area (Å²) >= 11 is 0. The summed E-state index contributed by atoms with van der Waals surface area (Å²) in [4.78, 5) is 0. The van der Waals surface area contributed by atoms with Crippen molar-refractivity contribution in [1.82, 2.24) is 5.32 Å². The van der Waals surface area contributed by atoms with Crippen LogP contribution in [0.1, 0.15) is 36.0 Å². The van der Waals surface area contributed by atoms with Gasteiger partial charge in [-0.2, -0.15) is 0 Å². The maximum atomic E-state index is 13.0. The Morgan fingerprint density at radius 1 is 1.14 bits per heavy atom. The molecule has 3 rings (SSSR count). The van der Waals surface area contributed by atoms with Crippen molar-refractivity contribution < 1.29 is 4.39 Å². The Labute approximate surface area is 126 Å². The second-order valence-electron chi connectivity index (χ2n) is 5.90. The molecule has 2 atom stereocenters. The molecule has 0 spiro atoms. The van der Waals surface area contributed by atoms with E-state index in [4.69, 9.17) is 0 Å². The number of halogens is 1. The lowest BCUT2D eigenvalue weighted by Crippen LogP contribution is -2.41. The number of hydrogen-bond acceptors (Lipinski definition) is 1. The molecule has 0 heterocycles. The highest BCUT2D eigenvalue weighted by atomic mass is 19.1. The summed E-state index contributed by atoms with van der Waals surface area (Å²) in [6.07, 6.45) is 3.24. The fourth-order valence-corrected chi connectivity index (χ4v) is 3.22. The molecule has 0 aromatic heterocycles. The summed E-state index contributed by atoms with van der Waals surface area (Å²) in [5.41, 5.74) is 4.16. The van der Waals surface area contributed by atoms with Crippen LogP contribution in [0, 0.1) is 5.82 Å². The zero-order valence-corrected chi connectivity index (χ0v) is 12.5. The lowest BCUT2D eigenvalue weighted by Gasteiger charge is -2.37. The fourth-order valence-electron chi connectivity index (χ4n) is 3.22. The van der Waals surface area contributed by atoms with Crippen LogP contribution in [0.3, 0.4) is 0 Å². The SMILES string of the molecule is CCCNC(Cc1ccc(F)cc1)C1Cc2ccccc21. The van der Waals surface area contributed by atoms with E-state index >= 15 is 0 Å². The highest BCUT2D eigenvalue weighted by molar-refractivity contribution is 5.41. The maximum absolute atomic E-state index is 13.0. The van der Waals surface area contributed by atoms with Gasteiger partial charge in [-0.3, -0.25) is 0 Å². The van der Waals surface area contributed by atoms with E-state index in [0.717, 1.165) is 25.8 Å². The Bertz CT molecular complexity index is 591. The molecule has 0 aliphatic heterocycles. The molecule has 1 N–H and O–H groups in total. The highest BCUT2D eigenvalue weighted by Gasteiger charge is 2.32. The van der Waals surface area contributed by atoms with Crippen LogP contribution in [-0.4, -0.2) is 12.6 Å². The molecular weight excluding hydrogens is 261 g/mol. The van der Waals surface area contributed by atoms with Gasteiger partial charge in [-0.15, -0.1) is 0 Å². The van der Waals surface area contributed by atoms with Gasteiger partial charge >= 0.3 is 0 Å². The van der Waals surface area contributed by atoms with Gasteiger partial charge in [0.15, 0.2) is 0 Å². The minimum Gasteiger partial charge on any atom is -0.313 e. The number of benzene rings is 2. The first-order valence-electron chi connectivity index (χ1n) is 7.83. The molecule has 21 heavy (non-hydrogen) atoms. The summed E-state index contributed by atoms with van der Waals surface area (Å²) < 4.78 is 13.0. The average Bonchev–Trinajstić information content (AvgIpc) is 2.48. The van der Waals surface area contributed by atoms with Crippen LogP contribution in [-0.2, 0) is 12.8 Å². The number of nitrogens with one attached hydrogen (secondary N) is 1. The number of fused-ring (bicyclic) bond motifs is 1. The Morgan fingerprint density at radius 2 is 1.90 bits per heavy atom. The zero-order chi connectivity index (χ0) is 14.7. The summed E-state index contributed by atoms with van der Waals surface area (Å²) in [5.74, 6) is 0.420. The summed E-state index contributed by atoms with van der Waals surface area (Å²) in [7, 11) is 0. The van der Waals surface area contributed by atoms with Crippen molar-refractivity contribution in [3.63, 3.8) is 0 Å². The molecule has 0 amide bonds. The third-order valence-electron chi connectivity index (χ3n) is 4.41. The molecule has 0 bridgehead atoms. The zero-order valence-electron chi connectivity index (χ0n) is 12.5. The average molecular weight is 283 g/mol. The Kier molecular flexibility index (Phi) is 4.35. The van der Waals surface area contributed by atoms with Crippen molar-refractivity contribution in [2.45, 2.75) is 38.1 Å². The molecule has 2 heteroatoms. The lowest BCUT2D eigenvalue weighted by atomic mass is 9.72. The van der Waals surface area contributed by atoms with Crippen molar-refractivity contribution in [2.24, 2.45) is 0 Å². The van der Waals surface area contributed by atoms with E-state index in [9.17, 15) is 4.39 Å². The van der Waals surface area contributed by atoms with E-state index in [0.29, 0.717) is 12.0 Å². The molecule has 0 radical (unpaired) electrons. The smallest absolute Gasteiger partial charge is 0.123 e. The van der Waals surface area contributed by atoms with Crippen LogP contribution < -0.4 is 5.32 Å². The van der Waals surface area contributed by atoms with Gasteiger partial charge in [0.1, 0.15) is 5.82 Å². The Balaban J connectivity index is 1.74. The maximum Gasteiger partial charge on any atom is 0.123 e. The summed E-state index contributed by atoms with van der Waals surface area (Å²) in [6, 6.07) is 16.1. The van der Waals surface area contributed by atoms with Gasteiger partial charge in [0.25, 0.3) is 0 Å². The van der Waals surface area contributed by atoms with E-state index in [-0.39, 0.29) is 5.82 Å². The normalized spacial score (nSPS) is 17.9. The third kappa shape index (κ3) is 3.16. The van der Waals surface area contributed by atoms with E-state index < -0.39 is 0 Å². The van der Waals surface area contributed by atoms with Gasteiger partial charge in [0.05, 0.1) is 0 Å². The first kappa shape index (κ1) is 14.3. The lowest BCUT2D eigenvalue weighted by molar-refractivity contribution is 0.397. The van der Waals surface area contributed by atoms with Gasteiger partial charge in [-0.25, -0.2) is 4.39 Å². The molecule has 1 aliphatic carbocycles. The third-order valence-corrected chi connectivity index (χ3v) is 4.41. The van der Waals surface area contributed by atoms with Crippen molar-refractivity contribution >= 4 is 0 Å². The largest absolute Gasteiger partial charge is 0.313 e. The van der Waals surface area contributed by atoms with Gasteiger partial charge in [-0.05, 0) is 54.6 Å². The molecule has 0 fully saturated rings. The Morgan fingerprint density at radius 3 is 2.62 bits per heavy atom. The summed E-state index contributed by atoms with van der Waals surface area (Å²) in [5, 5.41) is 3.68. The van der Waals surface area contributed by atoms with Crippen LogP contribution >= 0.6 is 0 Å². The Hall–Kier alpha value is -1.67.